The number of benzene rings is 1. The van der Waals surface area contributed by atoms with E-state index in [0.717, 1.165) is 27.5 Å². The second kappa shape index (κ2) is 6.16. The summed E-state index contributed by atoms with van der Waals surface area (Å²) in [6.45, 7) is 4.39. The van der Waals surface area contributed by atoms with Gasteiger partial charge in [-0.15, -0.1) is 11.3 Å². The number of nitrogens with one attached hydrogen (secondary N) is 1. The molecule has 0 radical (unpaired) electrons. The minimum Gasteiger partial charge on any atom is -0.376 e. The zero-order chi connectivity index (χ0) is 14.8. The minimum atomic E-state index is 0.284. The predicted molar refractivity (Wildman–Crippen MR) is 95.2 cm³/mol. The first-order valence-electron chi connectivity index (χ1n) is 7.07. The van der Waals surface area contributed by atoms with E-state index >= 15 is 0 Å². The van der Waals surface area contributed by atoms with Crippen LogP contribution in [-0.2, 0) is 6.42 Å². The van der Waals surface area contributed by atoms with Gasteiger partial charge in [0.15, 0.2) is 0 Å². The molecule has 1 unspecified atom stereocenters. The molecule has 1 aromatic carbocycles. The van der Waals surface area contributed by atoms with E-state index in [1.54, 1.807) is 0 Å². The summed E-state index contributed by atoms with van der Waals surface area (Å²) < 4.78 is 1.01. The van der Waals surface area contributed by atoms with Gasteiger partial charge < -0.3 is 5.32 Å². The van der Waals surface area contributed by atoms with E-state index in [1.807, 2.05) is 17.5 Å². The number of anilines is 1. The second-order valence-electron chi connectivity index (χ2n) is 5.05. The molecule has 2 aromatic heterocycles. The zero-order valence-corrected chi connectivity index (χ0v) is 14.5. The first kappa shape index (κ1) is 14.5. The van der Waals surface area contributed by atoms with E-state index in [1.165, 1.54) is 9.75 Å². The number of rotatable bonds is 4. The van der Waals surface area contributed by atoms with Gasteiger partial charge in [0.25, 0.3) is 0 Å². The smallest absolute Gasteiger partial charge is 0.0934 e. The molecule has 0 amide bonds. The summed E-state index contributed by atoms with van der Waals surface area (Å²) in [6, 6.07) is 13.1. The Morgan fingerprint density at radius 1 is 1.29 bits per heavy atom. The molecule has 4 heteroatoms. The fourth-order valence-electron chi connectivity index (χ4n) is 2.37. The predicted octanol–water partition coefficient (Wildman–Crippen LogP) is 5.79. The van der Waals surface area contributed by atoms with Crippen molar-refractivity contribution in [2.24, 2.45) is 0 Å². The first-order valence-corrected chi connectivity index (χ1v) is 8.67. The van der Waals surface area contributed by atoms with Crippen LogP contribution in [0.1, 0.15) is 29.6 Å². The number of fused-ring (bicyclic) bond motifs is 1. The van der Waals surface area contributed by atoms with Crippen molar-refractivity contribution in [1.29, 1.82) is 0 Å². The third-order valence-electron chi connectivity index (χ3n) is 3.51. The third-order valence-corrected chi connectivity index (χ3v) is 5.35. The van der Waals surface area contributed by atoms with Crippen LogP contribution in [0.5, 0.6) is 0 Å². The molecule has 1 N–H and O–H groups in total. The van der Waals surface area contributed by atoms with Gasteiger partial charge in [0.05, 0.1) is 17.2 Å². The number of para-hydroxylation sites is 1. The molecule has 0 spiro atoms. The molecule has 0 aliphatic heterocycles. The van der Waals surface area contributed by atoms with Crippen molar-refractivity contribution < 1.29 is 0 Å². The number of hydrogen-bond donors (Lipinski definition) is 1. The molecule has 1 atom stereocenters. The summed E-state index contributed by atoms with van der Waals surface area (Å²) in [4.78, 5) is 7.33. The van der Waals surface area contributed by atoms with E-state index < -0.39 is 0 Å². The lowest BCUT2D eigenvalue weighted by atomic mass is 10.1. The molecule has 3 aromatic rings. The van der Waals surface area contributed by atoms with E-state index in [-0.39, 0.29) is 6.04 Å². The average Bonchev–Trinajstić information content (AvgIpc) is 2.96. The van der Waals surface area contributed by atoms with Gasteiger partial charge in [0.2, 0.25) is 0 Å². The number of nitrogens with zero attached hydrogens (tertiary/aromatic N) is 1. The van der Waals surface area contributed by atoms with Crippen molar-refractivity contribution in [3.63, 3.8) is 0 Å². The monoisotopic (exact) mass is 360 g/mol. The molecule has 0 saturated heterocycles. The molecule has 3 rings (SSSR count). The maximum absolute atomic E-state index is 4.54. The molecular formula is C17H17BrN2S. The van der Waals surface area contributed by atoms with E-state index in [2.05, 4.69) is 76.5 Å². The molecule has 0 saturated carbocycles. The summed E-state index contributed by atoms with van der Waals surface area (Å²) in [5.41, 5.74) is 2.10. The Morgan fingerprint density at radius 3 is 2.90 bits per heavy atom. The molecule has 21 heavy (non-hydrogen) atoms. The van der Waals surface area contributed by atoms with E-state index in [9.17, 15) is 0 Å². The average molecular weight is 361 g/mol. The standard InChI is InChI=1S/C17H17BrN2S/c1-3-14-7-8-16(21-14)11(2)20-15-6-4-5-12-9-13(18)10-19-17(12)15/h4-11,20H,3H2,1-2H3. The Labute approximate surface area is 137 Å². The zero-order valence-electron chi connectivity index (χ0n) is 12.1. The van der Waals surface area contributed by atoms with Crippen molar-refractivity contribution in [3.05, 3.63) is 56.8 Å². The SMILES string of the molecule is CCc1ccc(C(C)Nc2cccc3cc(Br)cnc23)s1. The highest BCUT2D eigenvalue weighted by atomic mass is 79.9. The van der Waals surface area contributed by atoms with Crippen LogP contribution in [0.4, 0.5) is 5.69 Å². The molecule has 0 fully saturated rings. The number of pyridine rings is 1. The van der Waals surface area contributed by atoms with Gasteiger partial charge in [-0.3, -0.25) is 4.98 Å². The Morgan fingerprint density at radius 2 is 2.14 bits per heavy atom. The molecule has 0 aliphatic carbocycles. The highest BCUT2D eigenvalue weighted by molar-refractivity contribution is 9.10. The topological polar surface area (TPSA) is 24.9 Å². The van der Waals surface area contributed by atoms with Crippen LogP contribution >= 0.6 is 27.3 Å². The summed E-state index contributed by atoms with van der Waals surface area (Å²) in [6.07, 6.45) is 2.94. The van der Waals surface area contributed by atoms with Crippen LogP contribution < -0.4 is 5.32 Å². The number of halogens is 1. The Kier molecular flexibility index (Phi) is 4.27. The normalized spacial score (nSPS) is 12.5. The van der Waals surface area contributed by atoms with Crippen LogP contribution in [0, 0.1) is 0 Å². The van der Waals surface area contributed by atoms with Gasteiger partial charge in [0, 0.05) is 25.8 Å². The molecule has 2 heterocycles. The highest BCUT2D eigenvalue weighted by Crippen LogP contribution is 2.30. The first-order chi connectivity index (χ1) is 10.2. The lowest BCUT2D eigenvalue weighted by molar-refractivity contribution is 0.909. The minimum absolute atomic E-state index is 0.284. The Hall–Kier alpha value is -1.39. The molecule has 2 nitrogen and oxygen atoms in total. The van der Waals surface area contributed by atoms with Gasteiger partial charge in [-0.25, -0.2) is 0 Å². The van der Waals surface area contributed by atoms with Crippen LogP contribution in [0.2, 0.25) is 0 Å². The fraction of sp³-hybridized carbons (Fsp3) is 0.235. The van der Waals surface area contributed by atoms with Gasteiger partial charge in [-0.05, 0) is 53.5 Å². The number of aryl methyl sites for hydroxylation is 1. The van der Waals surface area contributed by atoms with Crippen LogP contribution in [0.15, 0.2) is 47.1 Å². The van der Waals surface area contributed by atoms with E-state index in [4.69, 9.17) is 0 Å². The lowest BCUT2D eigenvalue weighted by Crippen LogP contribution is -2.05. The maximum Gasteiger partial charge on any atom is 0.0934 e. The van der Waals surface area contributed by atoms with E-state index in [0.29, 0.717) is 0 Å². The van der Waals surface area contributed by atoms with Gasteiger partial charge in [-0.2, -0.15) is 0 Å². The second-order valence-corrected chi connectivity index (χ2v) is 7.17. The summed E-state index contributed by atoms with van der Waals surface area (Å²) in [5.74, 6) is 0. The van der Waals surface area contributed by atoms with Crippen molar-refractivity contribution in [3.8, 4) is 0 Å². The quantitative estimate of drug-likeness (QED) is 0.636. The number of thiophene rings is 1. The summed E-state index contributed by atoms with van der Waals surface area (Å²) in [5, 5.41) is 4.73. The van der Waals surface area contributed by atoms with Crippen LogP contribution in [0.3, 0.4) is 0 Å². The largest absolute Gasteiger partial charge is 0.376 e. The number of aromatic nitrogens is 1. The van der Waals surface area contributed by atoms with Crippen LogP contribution in [0.25, 0.3) is 10.9 Å². The molecule has 0 bridgehead atoms. The maximum atomic E-state index is 4.54. The summed E-state index contributed by atoms with van der Waals surface area (Å²) >= 11 is 5.35. The van der Waals surface area contributed by atoms with Gasteiger partial charge in [0.1, 0.15) is 0 Å². The highest BCUT2D eigenvalue weighted by Gasteiger charge is 2.10. The Balaban J connectivity index is 1.90. The molecular weight excluding hydrogens is 344 g/mol. The molecule has 0 aliphatic rings. The van der Waals surface area contributed by atoms with Gasteiger partial charge in [-0.1, -0.05) is 19.1 Å². The third kappa shape index (κ3) is 3.11. The van der Waals surface area contributed by atoms with Crippen molar-refractivity contribution in [2.75, 3.05) is 5.32 Å². The van der Waals surface area contributed by atoms with Gasteiger partial charge >= 0.3 is 0 Å². The molecule has 108 valence electrons. The summed E-state index contributed by atoms with van der Waals surface area (Å²) in [7, 11) is 0. The van der Waals surface area contributed by atoms with Crippen LogP contribution in [-0.4, -0.2) is 4.98 Å². The Bertz CT molecular complexity index is 766. The lowest BCUT2D eigenvalue weighted by Gasteiger charge is -2.15. The fourth-order valence-corrected chi connectivity index (χ4v) is 3.68. The van der Waals surface area contributed by atoms with Crippen molar-refractivity contribution in [2.45, 2.75) is 26.3 Å². The van der Waals surface area contributed by atoms with Crippen molar-refractivity contribution in [1.82, 2.24) is 4.98 Å². The number of hydrogen-bond acceptors (Lipinski definition) is 3. The van der Waals surface area contributed by atoms with Crippen molar-refractivity contribution >= 4 is 43.9 Å².